The van der Waals surface area contributed by atoms with Crippen LogP contribution in [0.15, 0.2) is 11.4 Å². The van der Waals surface area contributed by atoms with Gasteiger partial charge in [0.2, 0.25) is 0 Å². The summed E-state index contributed by atoms with van der Waals surface area (Å²) >= 11 is 1.96. The van der Waals surface area contributed by atoms with Crippen LogP contribution in [0.25, 0.3) is 0 Å². The van der Waals surface area contributed by atoms with Crippen LogP contribution in [0.2, 0.25) is 0 Å². The predicted octanol–water partition coefficient (Wildman–Crippen LogP) is 3.75. The highest BCUT2D eigenvalue weighted by Crippen LogP contribution is 2.37. The van der Waals surface area contributed by atoms with E-state index in [9.17, 15) is 0 Å². The van der Waals surface area contributed by atoms with Crippen molar-refractivity contribution in [2.45, 2.75) is 56.2 Å². The number of nitrogens with zero attached hydrogens (tertiary/aromatic N) is 2. The van der Waals surface area contributed by atoms with Gasteiger partial charge >= 0.3 is 0 Å². The maximum atomic E-state index is 4.49. The van der Waals surface area contributed by atoms with Gasteiger partial charge in [0.15, 0.2) is 0 Å². The summed E-state index contributed by atoms with van der Waals surface area (Å²) in [4.78, 5) is 8.79. The third-order valence-electron chi connectivity index (χ3n) is 3.66. The molecule has 0 bridgehead atoms. The Kier molecular flexibility index (Phi) is 4.87. The second-order valence-corrected chi connectivity index (χ2v) is 6.41. The lowest BCUT2D eigenvalue weighted by Gasteiger charge is -2.26. The fourth-order valence-corrected chi connectivity index (χ4v) is 4.19. The summed E-state index contributed by atoms with van der Waals surface area (Å²) in [6, 6.07) is 0. The van der Waals surface area contributed by atoms with Crippen molar-refractivity contribution >= 4 is 17.6 Å². The maximum absolute atomic E-state index is 4.49. The highest BCUT2D eigenvalue weighted by Gasteiger charge is 2.21. The molecule has 0 amide bonds. The highest BCUT2D eigenvalue weighted by molar-refractivity contribution is 7.99. The van der Waals surface area contributed by atoms with E-state index in [0.29, 0.717) is 0 Å². The Hall–Kier alpha value is -0.770. The van der Waals surface area contributed by atoms with Gasteiger partial charge in [-0.05, 0) is 25.2 Å². The van der Waals surface area contributed by atoms with Gasteiger partial charge in [-0.2, -0.15) is 0 Å². The molecule has 3 nitrogen and oxygen atoms in total. The molecule has 0 saturated heterocycles. The molecule has 1 N–H and O–H groups in total. The molecule has 1 aromatic rings. The number of thioether (sulfide) groups is 1. The first-order chi connectivity index (χ1) is 8.74. The standard InChI is InChI=1S/C14H23N3S/c1-4-12-13(15-3)16-9-17-14(12)18-11-7-5-6-10(2)8-11/h9-11H,4-8H2,1-3H3,(H,15,16,17). The number of nitrogens with one attached hydrogen (secondary N) is 1. The minimum absolute atomic E-state index is 0.735. The summed E-state index contributed by atoms with van der Waals surface area (Å²) in [7, 11) is 1.93. The second kappa shape index (κ2) is 6.41. The smallest absolute Gasteiger partial charge is 0.133 e. The molecule has 0 aromatic carbocycles. The van der Waals surface area contributed by atoms with Crippen molar-refractivity contribution in [1.29, 1.82) is 0 Å². The molecule has 0 aliphatic heterocycles. The molecule has 100 valence electrons. The molecule has 1 aliphatic rings. The zero-order chi connectivity index (χ0) is 13.0. The normalized spacial score (nSPS) is 23.9. The lowest BCUT2D eigenvalue weighted by molar-refractivity contribution is 0.394. The molecule has 2 rings (SSSR count). The summed E-state index contributed by atoms with van der Waals surface area (Å²) in [6.45, 7) is 4.54. The highest BCUT2D eigenvalue weighted by atomic mass is 32.2. The maximum Gasteiger partial charge on any atom is 0.133 e. The quantitative estimate of drug-likeness (QED) is 0.841. The molecule has 18 heavy (non-hydrogen) atoms. The van der Waals surface area contributed by atoms with E-state index in [-0.39, 0.29) is 0 Å². The minimum atomic E-state index is 0.735. The first-order valence-electron chi connectivity index (χ1n) is 6.92. The third kappa shape index (κ3) is 3.16. The molecule has 4 heteroatoms. The van der Waals surface area contributed by atoms with Gasteiger partial charge in [-0.25, -0.2) is 9.97 Å². The van der Waals surface area contributed by atoms with Crippen LogP contribution in [0, 0.1) is 5.92 Å². The lowest BCUT2D eigenvalue weighted by atomic mass is 9.91. The number of rotatable bonds is 4. The van der Waals surface area contributed by atoms with Crippen molar-refractivity contribution in [3.63, 3.8) is 0 Å². The van der Waals surface area contributed by atoms with E-state index in [2.05, 4.69) is 29.1 Å². The van der Waals surface area contributed by atoms with Crippen LogP contribution in [0.1, 0.15) is 45.1 Å². The van der Waals surface area contributed by atoms with Crippen LogP contribution >= 0.6 is 11.8 Å². The van der Waals surface area contributed by atoms with Gasteiger partial charge < -0.3 is 5.32 Å². The molecule has 1 aliphatic carbocycles. The van der Waals surface area contributed by atoms with Gasteiger partial charge in [-0.3, -0.25) is 0 Å². The fourth-order valence-electron chi connectivity index (χ4n) is 2.68. The Bertz CT molecular complexity index is 395. The van der Waals surface area contributed by atoms with E-state index in [0.717, 1.165) is 23.4 Å². The number of hydrogen-bond acceptors (Lipinski definition) is 4. The molecular formula is C14H23N3S. The zero-order valence-electron chi connectivity index (χ0n) is 11.6. The SMILES string of the molecule is CCc1c(NC)ncnc1SC1CCCC(C)C1. The summed E-state index contributed by atoms with van der Waals surface area (Å²) in [5.41, 5.74) is 1.27. The van der Waals surface area contributed by atoms with Crippen molar-refractivity contribution in [2.24, 2.45) is 5.92 Å². The predicted molar refractivity (Wildman–Crippen MR) is 78.2 cm³/mol. The first kappa shape index (κ1) is 13.7. The molecule has 2 unspecified atom stereocenters. The van der Waals surface area contributed by atoms with Crippen molar-refractivity contribution in [1.82, 2.24) is 9.97 Å². The molecular weight excluding hydrogens is 242 g/mol. The summed E-state index contributed by atoms with van der Waals surface area (Å²) in [5, 5.41) is 5.08. The van der Waals surface area contributed by atoms with Crippen LogP contribution in [0.4, 0.5) is 5.82 Å². The average Bonchev–Trinajstić information content (AvgIpc) is 2.38. The number of aromatic nitrogens is 2. The Morgan fingerprint density at radius 1 is 1.39 bits per heavy atom. The van der Waals surface area contributed by atoms with Gasteiger partial charge in [0.05, 0.1) is 0 Å². The Balaban J connectivity index is 2.12. The van der Waals surface area contributed by atoms with Crippen molar-refractivity contribution in [3.8, 4) is 0 Å². The van der Waals surface area contributed by atoms with Gasteiger partial charge in [-0.1, -0.05) is 26.7 Å². The van der Waals surface area contributed by atoms with Crippen LogP contribution in [0.3, 0.4) is 0 Å². The van der Waals surface area contributed by atoms with Crippen molar-refractivity contribution < 1.29 is 0 Å². The van der Waals surface area contributed by atoms with E-state index in [1.807, 2.05) is 18.8 Å². The summed E-state index contributed by atoms with van der Waals surface area (Å²) in [5.74, 6) is 1.85. The average molecular weight is 265 g/mol. The fraction of sp³-hybridized carbons (Fsp3) is 0.714. The van der Waals surface area contributed by atoms with Crippen LogP contribution in [-0.4, -0.2) is 22.3 Å². The summed E-state index contributed by atoms with van der Waals surface area (Å²) < 4.78 is 0. The topological polar surface area (TPSA) is 37.8 Å². The molecule has 1 heterocycles. The molecule has 2 atom stereocenters. The van der Waals surface area contributed by atoms with Crippen LogP contribution < -0.4 is 5.32 Å². The van der Waals surface area contributed by atoms with Crippen LogP contribution in [0.5, 0.6) is 0 Å². The number of anilines is 1. The molecule has 1 aromatic heterocycles. The first-order valence-corrected chi connectivity index (χ1v) is 7.80. The zero-order valence-corrected chi connectivity index (χ0v) is 12.4. The van der Waals surface area contributed by atoms with Gasteiger partial charge in [0.1, 0.15) is 17.2 Å². The number of hydrogen-bond donors (Lipinski definition) is 1. The summed E-state index contributed by atoms with van der Waals surface area (Å²) in [6.07, 6.45) is 8.08. The monoisotopic (exact) mass is 265 g/mol. The molecule has 0 spiro atoms. The van der Waals surface area contributed by atoms with E-state index >= 15 is 0 Å². The Morgan fingerprint density at radius 3 is 2.89 bits per heavy atom. The Labute approximate surface area is 114 Å². The van der Waals surface area contributed by atoms with E-state index < -0.39 is 0 Å². The molecule has 0 radical (unpaired) electrons. The van der Waals surface area contributed by atoms with Gasteiger partial charge in [0.25, 0.3) is 0 Å². The van der Waals surface area contributed by atoms with E-state index in [1.165, 1.54) is 36.3 Å². The van der Waals surface area contributed by atoms with Crippen molar-refractivity contribution in [2.75, 3.05) is 12.4 Å². The van der Waals surface area contributed by atoms with Crippen LogP contribution in [-0.2, 0) is 6.42 Å². The largest absolute Gasteiger partial charge is 0.373 e. The second-order valence-electron chi connectivity index (χ2n) is 5.12. The van der Waals surface area contributed by atoms with Gasteiger partial charge in [-0.15, -0.1) is 11.8 Å². The van der Waals surface area contributed by atoms with Gasteiger partial charge in [0, 0.05) is 17.9 Å². The molecule has 1 fully saturated rings. The lowest BCUT2D eigenvalue weighted by Crippen LogP contribution is -2.15. The van der Waals surface area contributed by atoms with E-state index in [1.54, 1.807) is 6.33 Å². The Morgan fingerprint density at radius 2 is 2.22 bits per heavy atom. The minimum Gasteiger partial charge on any atom is -0.373 e. The van der Waals surface area contributed by atoms with E-state index in [4.69, 9.17) is 0 Å². The van der Waals surface area contributed by atoms with Crippen molar-refractivity contribution in [3.05, 3.63) is 11.9 Å². The third-order valence-corrected chi connectivity index (χ3v) is 5.00. The molecule has 1 saturated carbocycles.